The summed E-state index contributed by atoms with van der Waals surface area (Å²) in [6.07, 6.45) is 0. The molecular formula is C9H17N3O2. The summed E-state index contributed by atoms with van der Waals surface area (Å²) in [5, 5.41) is 0. The van der Waals surface area contributed by atoms with Gasteiger partial charge in [0.15, 0.2) is 0 Å². The lowest BCUT2D eigenvalue weighted by molar-refractivity contribution is -0.140. The first-order chi connectivity index (χ1) is 6.56. The number of hydrogen-bond acceptors (Lipinski definition) is 3. The van der Waals surface area contributed by atoms with Gasteiger partial charge in [-0.25, -0.2) is 0 Å². The molecule has 0 aliphatic carbocycles. The molecule has 14 heavy (non-hydrogen) atoms. The molecule has 5 heteroatoms. The SMILES string of the molecule is CC(=O)N1CCN(C(=O)CN)CC1C. The van der Waals surface area contributed by atoms with E-state index in [-0.39, 0.29) is 24.4 Å². The van der Waals surface area contributed by atoms with Crippen LogP contribution in [0.5, 0.6) is 0 Å². The third kappa shape index (κ3) is 2.23. The number of rotatable bonds is 1. The van der Waals surface area contributed by atoms with Crippen LogP contribution in [0.3, 0.4) is 0 Å². The number of amides is 2. The van der Waals surface area contributed by atoms with Crippen LogP contribution in [0, 0.1) is 0 Å². The second kappa shape index (κ2) is 4.41. The fourth-order valence-electron chi connectivity index (χ4n) is 1.78. The Labute approximate surface area is 83.8 Å². The molecule has 0 spiro atoms. The fourth-order valence-corrected chi connectivity index (χ4v) is 1.78. The van der Waals surface area contributed by atoms with Crippen LogP contribution < -0.4 is 5.73 Å². The number of carbonyl (C=O) groups excluding carboxylic acids is 2. The van der Waals surface area contributed by atoms with Crippen molar-refractivity contribution in [3.63, 3.8) is 0 Å². The van der Waals surface area contributed by atoms with E-state index in [9.17, 15) is 9.59 Å². The summed E-state index contributed by atoms with van der Waals surface area (Å²) >= 11 is 0. The Morgan fingerprint density at radius 3 is 2.50 bits per heavy atom. The molecule has 1 atom stereocenters. The first kappa shape index (κ1) is 11.0. The quantitative estimate of drug-likeness (QED) is 0.590. The van der Waals surface area contributed by atoms with Gasteiger partial charge in [-0.2, -0.15) is 0 Å². The maximum absolute atomic E-state index is 11.3. The van der Waals surface area contributed by atoms with E-state index in [1.165, 1.54) is 0 Å². The molecule has 1 aliphatic rings. The zero-order valence-corrected chi connectivity index (χ0v) is 8.69. The Kier molecular flexibility index (Phi) is 3.46. The Morgan fingerprint density at radius 2 is 2.07 bits per heavy atom. The summed E-state index contributed by atoms with van der Waals surface area (Å²) in [6.45, 7) is 5.35. The zero-order valence-electron chi connectivity index (χ0n) is 8.69. The van der Waals surface area contributed by atoms with E-state index < -0.39 is 0 Å². The van der Waals surface area contributed by atoms with Crippen molar-refractivity contribution in [1.29, 1.82) is 0 Å². The predicted octanol–water partition coefficient (Wildman–Crippen LogP) is -0.976. The van der Waals surface area contributed by atoms with Gasteiger partial charge in [0.05, 0.1) is 6.54 Å². The number of hydrogen-bond donors (Lipinski definition) is 1. The molecule has 0 bridgehead atoms. The summed E-state index contributed by atoms with van der Waals surface area (Å²) in [5.41, 5.74) is 5.27. The summed E-state index contributed by atoms with van der Waals surface area (Å²) in [5.74, 6) is 0.0254. The molecule has 1 rings (SSSR count). The van der Waals surface area contributed by atoms with Crippen molar-refractivity contribution in [2.75, 3.05) is 26.2 Å². The van der Waals surface area contributed by atoms with E-state index >= 15 is 0 Å². The lowest BCUT2D eigenvalue weighted by atomic mass is 10.2. The van der Waals surface area contributed by atoms with Gasteiger partial charge in [0.1, 0.15) is 0 Å². The number of carbonyl (C=O) groups is 2. The van der Waals surface area contributed by atoms with Crippen LogP contribution in [0.25, 0.3) is 0 Å². The Morgan fingerprint density at radius 1 is 1.43 bits per heavy atom. The highest BCUT2D eigenvalue weighted by molar-refractivity contribution is 5.79. The molecular weight excluding hydrogens is 182 g/mol. The summed E-state index contributed by atoms with van der Waals surface area (Å²) in [6, 6.07) is 0.0942. The molecule has 0 aromatic carbocycles. The first-order valence-corrected chi connectivity index (χ1v) is 4.81. The summed E-state index contributed by atoms with van der Waals surface area (Å²) < 4.78 is 0. The molecule has 1 aliphatic heterocycles. The predicted molar refractivity (Wildman–Crippen MR) is 52.5 cm³/mol. The smallest absolute Gasteiger partial charge is 0.236 e. The average Bonchev–Trinajstić information content (AvgIpc) is 2.15. The zero-order chi connectivity index (χ0) is 10.7. The van der Waals surface area contributed by atoms with Crippen molar-refractivity contribution >= 4 is 11.8 Å². The molecule has 5 nitrogen and oxygen atoms in total. The minimum Gasteiger partial charge on any atom is -0.338 e. The highest BCUT2D eigenvalue weighted by atomic mass is 16.2. The molecule has 80 valence electrons. The fraction of sp³-hybridized carbons (Fsp3) is 0.778. The molecule has 0 radical (unpaired) electrons. The van der Waals surface area contributed by atoms with E-state index in [1.807, 2.05) is 6.92 Å². The van der Waals surface area contributed by atoms with Gasteiger partial charge in [0, 0.05) is 32.6 Å². The largest absolute Gasteiger partial charge is 0.338 e. The second-order valence-corrected chi connectivity index (χ2v) is 3.61. The van der Waals surface area contributed by atoms with Gasteiger partial charge in [0.25, 0.3) is 0 Å². The normalized spacial score (nSPS) is 22.4. The minimum absolute atomic E-state index is 0.0416. The summed E-state index contributed by atoms with van der Waals surface area (Å²) in [7, 11) is 0. The van der Waals surface area contributed by atoms with Crippen LogP contribution >= 0.6 is 0 Å². The van der Waals surface area contributed by atoms with Crippen molar-refractivity contribution in [3.05, 3.63) is 0 Å². The molecule has 0 saturated carbocycles. The molecule has 1 saturated heterocycles. The molecule has 2 N–H and O–H groups in total. The molecule has 0 aromatic rings. The number of nitrogens with zero attached hydrogens (tertiary/aromatic N) is 2. The van der Waals surface area contributed by atoms with E-state index in [4.69, 9.17) is 5.73 Å². The highest BCUT2D eigenvalue weighted by Crippen LogP contribution is 2.09. The molecule has 2 amide bonds. The standard InChI is InChI=1S/C9H17N3O2/c1-7-6-11(9(14)5-10)3-4-12(7)8(2)13/h7H,3-6,10H2,1-2H3. The summed E-state index contributed by atoms with van der Waals surface area (Å²) in [4.78, 5) is 25.9. The van der Waals surface area contributed by atoms with Crippen molar-refractivity contribution < 1.29 is 9.59 Å². The van der Waals surface area contributed by atoms with Crippen LogP contribution in [0.2, 0.25) is 0 Å². The van der Waals surface area contributed by atoms with Gasteiger partial charge in [0.2, 0.25) is 11.8 Å². The second-order valence-electron chi connectivity index (χ2n) is 3.61. The lowest BCUT2D eigenvalue weighted by Crippen LogP contribution is -2.55. The molecule has 1 fully saturated rings. The highest BCUT2D eigenvalue weighted by Gasteiger charge is 2.27. The van der Waals surface area contributed by atoms with Gasteiger partial charge in [-0.1, -0.05) is 0 Å². The van der Waals surface area contributed by atoms with Crippen molar-refractivity contribution in [1.82, 2.24) is 9.80 Å². The van der Waals surface area contributed by atoms with Crippen LogP contribution in [0.15, 0.2) is 0 Å². The first-order valence-electron chi connectivity index (χ1n) is 4.81. The van der Waals surface area contributed by atoms with Crippen LogP contribution in [0.1, 0.15) is 13.8 Å². The number of piperazine rings is 1. The minimum atomic E-state index is -0.0416. The van der Waals surface area contributed by atoms with Crippen LogP contribution in [-0.4, -0.2) is 53.8 Å². The topological polar surface area (TPSA) is 66.6 Å². The monoisotopic (exact) mass is 199 g/mol. The van der Waals surface area contributed by atoms with E-state index in [2.05, 4.69) is 0 Å². The number of nitrogens with two attached hydrogens (primary N) is 1. The van der Waals surface area contributed by atoms with Gasteiger partial charge in [-0.3, -0.25) is 9.59 Å². The van der Waals surface area contributed by atoms with E-state index in [0.29, 0.717) is 19.6 Å². The maximum atomic E-state index is 11.3. The molecule has 1 unspecified atom stereocenters. The van der Waals surface area contributed by atoms with Crippen LogP contribution in [0.4, 0.5) is 0 Å². The van der Waals surface area contributed by atoms with Gasteiger partial charge in [-0.05, 0) is 6.92 Å². The maximum Gasteiger partial charge on any atom is 0.236 e. The lowest BCUT2D eigenvalue weighted by Gasteiger charge is -2.39. The Hall–Kier alpha value is -1.10. The Bertz CT molecular complexity index is 242. The van der Waals surface area contributed by atoms with Crippen molar-refractivity contribution in [2.45, 2.75) is 19.9 Å². The van der Waals surface area contributed by atoms with Crippen LogP contribution in [-0.2, 0) is 9.59 Å². The van der Waals surface area contributed by atoms with Gasteiger partial charge >= 0.3 is 0 Å². The third-order valence-electron chi connectivity index (χ3n) is 2.56. The van der Waals surface area contributed by atoms with Gasteiger partial charge < -0.3 is 15.5 Å². The third-order valence-corrected chi connectivity index (χ3v) is 2.56. The Balaban J connectivity index is 2.55. The average molecular weight is 199 g/mol. The van der Waals surface area contributed by atoms with E-state index in [0.717, 1.165) is 0 Å². The molecule has 1 heterocycles. The van der Waals surface area contributed by atoms with Gasteiger partial charge in [-0.15, -0.1) is 0 Å². The van der Waals surface area contributed by atoms with Crippen molar-refractivity contribution in [2.24, 2.45) is 5.73 Å². The molecule has 0 aromatic heterocycles. The van der Waals surface area contributed by atoms with E-state index in [1.54, 1.807) is 16.7 Å². The van der Waals surface area contributed by atoms with Crippen molar-refractivity contribution in [3.8, 4) is 0 Å².